The number of hydrogen-bond donors (Lipinski definition) is 1. The van der Waals surface area contributed by atoms with Gasteiger partial charge in [0, 0.05) is 19.0 Å². The minimum Gasteiger partial charge on any atom is -0.401 e. The van der Waals surface area contributed by atoms with E-state index in [9.17, 15) is 0 Å². The molecule has 1 aliphatic carbocycles. The minimum atomic E-state index is 0.296. The maximum atomic E-state index is 5.77. The number of rotatable bonds is 0. The lowest BCUT2D eigenvalue weighted by molar-refractivity contribution is 0.302. The fourth-order valence-electron chi connectivity index (χ4n) is 1.49. The van der Waals surface area contributed by atoms with Gasteiger partial charge in [-0.2, -0.15) is 5.10 Å². The van der Waals surface area contributed by atoms with Crippen LogP contribution in [0.25, 0.3) is 0 Å². The first-order valence-corrected chi connectivity index (χ1v) is 3.70. The minimum absolute atomic E-state index is 0.296. The monoisotopic (exact) mass is 149 g/mol. The summed E-state index contributed by atoms with van der Waals surface area (Å²) < 4.78 is 0. The van der Waals surface area contributed by atoms with Crippen LogP contribution >= 0.6 is 0 Å². The van der Waals surface area contributed by atoms with Gasteiger partial charge in [-0.25, -0.2) is 0 Å². The molecule has 1 aliphatic heterocycles. The number of fused-ring (bicyclic) bond motifs is 1. The van der Waals surface area contributed by atoms with Crippen LogP contribution in [0.4, 0.5) is 0 Å². The highest BCUT2D eigenvalue weighted by molar-refractivity contribution is 5.69. The Morgan fingerprint density at radius 1 is 1.64 bits per heavy atom. The van der Waals surface area contributed by atoms with Crippen molar-refractivity contribution < 1.29 is 0 Å². The van der Waals surface area contributed by atoms with Crippen molar-refractivity contribution in [1.82, 2.24) is 5.01 Å². The number of likely N-dealkylation sites (N-methyl/N-ethyl adjacent to an activating group) is 1. The molecule has 1 heterocycles. The van der Waals surface area contributed by atoms with E-state index < -0.39 is 0 Å². The van der Waals surface area contributed by atoms with Crippen LogP contribution in [0.3, 0.4) is 0 Å². The molecular formula is C8H11N3. The van der Waals surface area contributed by atoms with Crippen molar-refractivity contribution in [2.24, 2.45) is 16.8 Å². The Morgan fingerprint density at radius 3 is 3.18 bits per heavy atom. The average molecular weight is 149 g/mol. The fourth-order valence-corrected chi connectivity index (χ4v) is 1.49. The van der Waals surface area contributed by atoms with Crippen LogP contribution in [0.2, 0.25) is 0 Å². The third-order valence-electron chi connectivity index (χ3n) is 2.19. The predicted molar refractivity (Wildman–Crippen MR) is 44.9 cm³/mol. The zero-order chi connectivity index (χ0) is 7.84. The van der Waals surface area contributed by atoms with Crippen LogP contribution in [0.5, 0.6) is 0 Å². The van der Waals surface area contributed by atoms with Crippen molar-refractivity contribution in [1.29, 1.82) is 0 Å². The second-order valence-corrected chi connectivity index (χ2v) is 2.91. The van der Waals surface area contributed by atoms with Gasteiger partial charge >= 0.3 is 0 Å². The van der Waals surface area contributed by atoms with E-state index in [1.807, 2.05) is 30.4 Å². The fraction of sp³-hybridized carbons (Fsp3) is 0.375. The Bertz CT molecular complexity index is 252. The van der Waals surface area contributed by atoms with Crippen molar-refractivity contribution in [2.75, 3.05) is 7.05 Å². The molecule has 0 bridgehead atoms. The quantitative estimate of drug-likeness (QED) is 0.538. The molecule has 0 fully saturated rings. The molecule has 0 aromatic rings. The van der Waals surface area contributed by atoms with E-state index in [0.29, 0.717) is 12.0 Å². The lowest BCUT2D eigenvalue weighted by Crippen LogP contribution is -2.32. The summed E-state index contributed by atoms with van der Waals surface area (Å²) >= 11 is 0. The van der Waals surface area contributed by atoms with Gasteiger partial charge in [0.2, 0.25) is 0 Å². The molecule has 58 valence electrons. The maximum absolute atomic E-state index is 5.77. The first-order valence-electron chi connectivity index (χ1n) is 3.70. The molecule has 0 spiro atoms. The highest BCUT2D eigenvalue weighted by atomic mass is 15.5. The molecule has 11 heavy (non-hydrogen) atoms. The number of nitrogens with two attached hydrogens (primary N) is 1. The Labute approximate surface area is 65.9 Å². The molecule has 0 saturated carbocycles. The van der Waals surface area contributed by atoms with E-state index in [2.05, 4.69) is 11.2 Å². The maximum Gasteiger partial charge on any atom is 0.0783 e. The lowest BCUT2D eigenvalue weighted by Gasteiger charge is -2.23. The first kappa shape index (κ1) is 6.46. The van der Waals surface area contributed by atoms with Crippen LogP contribution in [-0.2, 0) is 0 Å². The van der Waals surface area contributed by atoms with Crippen molar-refractivity contribution in [3.8, 4) is 0 Å². The summed E-state index contributed by atoms with van der Waals surface area (Å²) in [5, 5.41) is 6.10. The standard InChI is InChI=1S/C8H11N3/c1-11-8-4-2-3-7(9)6(8)5-10-11/h2-6,8H,9H2,1H3. The SMILES string of the molecule is CN1N=CC2C(N)=CC=CC21. The number of allylic oxidation sites excluding steroid dienone is 2. The Morgan fingerprint density at radius 2 is 2.45 bits per heavy atom. The van der Waals surface area contributed by atoms with Gasteiger partial charge in [-0.3, -0.25) is 5.01 Å². The highest BCUT2D eigenvalue weighted by Crippen LogP contribution is 2.24. The average Bonchev–Trinajstić information content (AvgIpc) is 2.35. The van der Waals surface area contributed by atoms with E-state index in [0.717, 1.165) is 5.70 Å². The van der Waals surface area contributed by atoms with Crippen LogP contribution in [-0.4, -0.2) is 24.3 Å². The van der Waals surface area contributed by atoms with Crippen LogP contribution in [0.15, 0.2) is 29.0 Å². The zero-order valence-corrected chi connectivity index (χ0v) is 6.44. The second kappa shape index (κ2) is 2.12. The van der Waals surface area contributed by atoms with Crippen molar-refractivity contribution in [2.45, 2.75) is 6.04 Å². The molecule has 2 unspecified atom stereocenters. The van der Waals surface area contributed by atoms with E-state index in [4.69, 9.17) is 5.73 Å². The van der Waals surface area contributed by atoms with E-state index in [-0.39, 0.29) is 0 Å². The number of nitrogens with zero attached hydrogens (tertiary/aromatic N) is 2. The highest BCUT2D eigenvalue weighted by Gasteiger charge is 2.29. The Balaban J connectivity index is 2.30. The molecule has 2 aliphatic rings. The summed E-state index contributed by atoms with van der Waals surface area (Å²) in [4.78, 5) is 0. The predicted octanol–water partition coefficient (Wildman–Crippen LogP) is 0.315. The molecule has 2 rings (SSSR count). The van der Waals surface area contributed by atoms with E-state index >= 15 is 0 Å². The molecular weight excluding hydrogens is 138 g/mol. The smallest absolute Gasteiger partial charge is 0.0783 e. The topological polar surface area (TPSA) is 41.6 Å². The summed E-state index contributed by atoms with van der Waals surface area (Å²) in [6, 6.07) is 0.347. The molecule has 3 nitrogen and oxygen atoms in total. The molecule has 2 atom stereocenters. The Kier molecular flexibility index (Phi) is 1.24. The van der Waals surface area contributed by atoms with Gasteiger partial charge in [-0.05, 0) is 6.08 Å². The third-order valence-corrected chi connectivity index (χ3v) is 2.19. The normalized spacial score (nSPS) is 33.9. The van der Waals surface area contributed by atoms with Crippen molar-refractivity contribution in [3.05, 3.63) is 23.9 Å². The second-order valence-electron chi connectivity index (χ2n) is 2.91. The summed E-state index contributed by atoms with van der Waals surface area (Å²) in [6.07, 6.45) is 7.95. The van der Waals surface area contributed by atoms with Gasteiger partial charge in [0.05, 0.1) is 12.0 Å². The van der Waals surface area contributed by atoms with E-state index in [1.54, 1.807) is 0 Å². The summed E-state index contributed by atoms with van der Waals surface area (Å²) in [5.74, 6) is 0.296. The summed E-state index contributed by atoms with van der Waals surface area (Å²) in [7, 11) is 1.96. The number of hydrazone groups is 1. The van der Waals surface area contributed by atoms with Gasteiger partial charge in [-0.15, -0.1) is 0 Å². The molecule has 3 heteroatoms. The van der Waals surface area contributed by atoms with E-state index in [1.165, 1.54) is 0 Å². The molecule has 0 saturated heterocycles. The summed E-state index contributed by atoms with van der Waals surface area (Å²) in [6.45, 7) is 0. The summed E-state index contributed by atoms with van der Waals surface area (Å²) in [5.41, 5.74) is 6.68. The molecule has 0 radical (unpaired) electrons. The first-order chi connectivity index (χ1) is 5.29. The number of hydrogen-bond acceptors (Lipinski definition) is 3. The van der Waals surface area contributed by atoms with Gasteiger partial charge in [0.15, 0.2) is 0 Å². The zero-order valence-electron chi connectivity index (χ0n) is 6.44. The molecule has 0 aromatic heterocycles. The van der Waals surface area contributed by atoms with Crippen LogP contribution < -0.4 is 5.73 Å². The largest absolute Gasteiger partial charge is 0.401 e. The van der Waals surface area contributed by atoms with Gasteiger partial charge in [0.1, 0.15) is 0 Å². The molecule has 0 aromatic carbocycles. The van der Waals surface area contributed by atoms with Gasteiger partial charge < -0.3 is 5.73 Å². The molecule has 0 amide bonds. The molecule has 2 N–H and O–H groups in total. The van der Waals surface area contributed by atoms with Crippen LogP contribution in [0, 0.1) is 5.92 Å². The Hall–Kier alpha value is -1.25. The van der Waals surface area contributed by atoms with Crippen molar-refractivity contribution in [3.63, 3.8) is 0 Å². The van der Waals surface area contributed by atoms with Gasteiger partial charge in [-0.1, -0.05) is 12.2 Å². The third kappa shape index (κ3) is 0.843. The van der Waals surface area contributed by atoms with Crippen LogP contribution in [0.1, 0.15) is 0 Å². The lowest BCUT2D eigenvalue weighted by atomic mass is 9.94. The van der Waals surface area contributed by atoms with Gasteiger partial charge in [0.25, 0.3) is 0 Å². The van der Waals surface area contributed by atoms with Crippen molar-refractivity contribution >= 4 is 6.21 Å².